The third-order valence-electron chi connectivity index (χ3n) is 9.92. The van der Waals surface area contributed by atoms with Crippen molar-refractivity contribution in [2.45, 2.75) is 86.5 Å². The first kappa shape index (κ1) is 36.3. The summed E-state index contributed by atoms with van der Waals surface area (Å²) in [5.41, 5.74) is 12.7. The summed E-state index contributed by atoms with van der Waals surface area (Å²) in [4.78, 5) is 4.83. The summed E-state index contributed by atoms with van der Waals surface area (Å²) in [6, 6.07) is 35.1. The second kappa shape index (κ2) is 15.4. The van der Waals surface area contributed by atoms with Gasteiger partial charge in [-0.15, -0.1) is 41.3 Å². The second-order valence-corrected chi connectivity index (χ2v) is 13.6. The van der Waals surface area contributed by atoms with Gasteiger partial charge in [-0.3, -0.25) is 4.68 Å². The number of ether oxygens (including phenoxy) is 1. The van der Waals surface area contributed by atoms with E-state index in [-0.39, 0.29) is 26.3 Å². The molecule has 262 valence electrons. The number of rotatable bonds is 11. The van der Waals surface area contributed by atoms with Gasteiger partial charge < -0.3 is 9.30 Å². The van der Waals surface area contributed by atoms with Gasteiger partial charge in [0.25, 0.3) is 0 Å². The Kier molecular flexibility index (Phi) is 11.0. The molecule has 51 heavy (non-hydrogen) atoms. The van der Waals surface area contributed by atoms with Crippen LogP contribution in [-0.2, 0) is 39.7 Å². The molecular weight excluding hydrogens is 719 g/mol. The molecule has 6 heteroatoms. The molecule has 0 fully saturated rings. The molecule has 0 amide bonds. The van der Waals surface area contributed by atoms with Crippen LogP contribution in [0.25, 0.3) is 44.4 Å². The predicted octanol–water partition coefficient (Wildman–Crippen LogP) is 11.6. The second-order valence-electron chi connectivity index (χ2n) is 13.6. The molecule has 0 aliphatic heterocycles. The Balaban J connectivity index is 0.00000448. The first-order valence-electron chi connectivity index (χ1n) is 18.1. The largest absolute Gasteiger partial charge is 2.00 e. The molecule has 0 N–H and O–H groups in total. The summed E-state index contributed by atoms with van der Waals surface area (Å²) >= 11 is 0. The predicted molar refractivity (Wildman–Crippen MR) is 206 cm³/mol. The Hall–Kier alpha value is -4.50. The summed E-state index contributed by atoms with van der Waals surface area (Å²) in [6.07, 6.45) is 7.21. The van der Waals surface area contributed by atoms with E-state index in [1.165, 1.54) is 27.8 Å². The first-order valence-corrected chi connectivity index (χ1v) is 18.1. The van der Waals surface area contributed by atoms with Gasteiger partial charge in [0.15, 0.2) is 0 Å². The van der Waals surface area contributed by atoms with Crippen LogP contribution in [0.5, 0.6) is 11.5 Å². The molecule has 0 radical (unpaired) electrons. The molecule has 0 saturated carbocycles. The van der Waals surface area contributed by atoms with E-state index in [2.05, 4.69) is 138 Å². The minimum absolute atomic E-state index is 0. The molecule has 0 bridgehead atoms. The van der Waals surface area contributed by atoms with Crippen LogP contribution in [0.1, 0.15) is 87.0 Å². The summed E-state index contributed by atoms with van der Waals surface area (Å²) in [5, 5.41) is 7.38. The number of hydrogen-bond donors (Lipinski definition) is 0. The molecule has 0 spiro atoms. The summed E-state index contributed by atoms with van der Waals surface area (Å²) in [5.74, 6) is 2.45. The zero-order valence-corrected chi connectivity index (χ0v) is 32.3. The minimum Gasteiger partial charge on any atom is -0.509 e. The molecule has 3 aromatic heterocycles. The molecular formula is C45H46N4OPd. The van der Waals surface area contributed by atoms with Crippen LogP contribution < -0.4 is 4.74 Å². The summed E-state index contributed by atoms with van der Waals surface area (Å²) in [7, 11) is 0. The molecule has 0 aliphatic rings. The first-order chi connectivity index (χ1) is 24.3. The van der Waals surface area contributed by atoms with Crippen LogP contribution in [0, 0.1) is 26.0 Å². The number of fused-ring (bicyclic) bond motifs is 3. The average molecular weight is 765 g/mol. The fourth-order valence-corrected chi connectivity index (χ4v) is 7.26. The normalized spacial score (nSPS) is 11.5. The van der Waals surface area contributed by atoms with Gasteiger partial charge in [-0.25, -0.2) is 4.98 Å². The third-order valence-corrected chi connectivity index (χ3v) is 9.92. The van der Waals surface area contributed by atoms with Gasteiger partial charge in [0.05, 0.1) is 5.69 Å². The van der Waals surface area contributed by atoms with Gasteiger partial charge in [0, 0.05) is 34.5 Å². The van der Waals surface area contributed by atoms with Gasteiger partial charge in [0.2, 0.25) is 0 Å². The van der Waals surface area contributed by atoms with Crippen LogP contribution in [0.3, 0.4) is 0 Å². The van der Waals surface area contributed by atoms with Crippen molar-refractivity contribution in [1.82, 2.24) is 19.3 Å². The summed E-state index contributed by atoms with van der Waals surface area (Å²) in [6.45, 7) is 15.4. The van der Waals surface area contributed by atoms with Gasteiger partial charge in [-0.05, 0) is 97.0 Å². The number of pyridine rings is 1. The number of benzene rings is 4. The molecule has 0 aliphatic carbocycles. The maximum Gasteiger partial charge on any atom is 2.00 e. The van der Waals surface area contributed by atoms with Gasteiger partial charge in [0.1, 0.15) is 5.82 Å². The Labute approximate surface area is 316 Å². The SMILES string of the molecule is CCCCc1ccnc(-n2c3[c-]c(Oc4[c-]c(-n5nc(C)c(-c6c(CC)cccc6CC)c5C)cc(C(C)C)c4)ccc3c3ccccc32)c1.[Pd+2]. The Morgan fingerprint density at radius 3 is 2.27 bits per heavy atom. The van der Waals surface area contributed by atoms with Crippen LogP contribution in [0.4, 0.5) is 0 Å². The molecule has 0 saturated heterocycles. The maximum absolute atomic E-state index is 6.65. The van der Waals surface area contributed by atoms with Crippen molar-refractivity contribution in [3.8, 4) is 34.1 Å². The Morgan fingerprint density at radius 2 is 1.55 bits per heavy atom. The zero-order chi connectivity index (χ0) is 34.9. The number of unbranched alkanes of at least 4 members (excludes halogenated alkanes) is 1. The van der Waals surface area contributed by atoms with Crippen molar-refractivity contribution in [3.05, 3.63) is 131 Å². The minimum atomic E-state index is 0. The molecule has 4 aromatic carbocycles. The van der Waals surface area contributed by atoms with E-state index in [0.29, 0.717) is 11.5 Å². The fraction of sp³-hybridized carbons (Fsp3) is 0.289. The van der Waals surface area contributed by atoms with E-state index in [9.17, 15) is 0 Å². The molecule has 7 rings (SSSR count). The van der Waals surface area contributed by atoms with Crippen molar-refractivity contribution in [2.75, 3.05) is 0 Å². The standard InChI is InChI=1S/C45H46N4O.Pd/c1-8-11-15-32-22-23-46-43(24-32)48-41-19-13-12-18-39(41)40-21-20-37(28-42(40)48)50-38-26-35(29(4)5)25-36(27-38)49-31(7)44(30(6)47-49)45-33(9-2)16-14-17-34(45)10-3;/h12-14,16-26,29H,8-11,15H2,1-7H3;/q-2;+2. The Bertz CT molecular complexity index is 2310. The topological polar surface area (TPSA) is 44.9 Å². The van der Waals surface area contributed by atoms with Gasteiger partial charge >= 0.3 is 20.4 Å². The van der Waals surface area contributed by atoms with Crippen molar-refractivity contribution >= 4 is 21.8 Å². The van der Waals surface area contributed by atoms with Crippen molar-refractivity contribution in [3.63, 3.8) is 0 Å². The van der Waals surface area contributed by atoms with Crippen molar-refractivity contribution in [1.29, 1.82) is 0 Å². The number of nitrogens with zero attached hydrogens (tertiary/aromatic N) is 4. The molecule has 5 nitrogen and oxygen atoms in total. The number of aromatic nitrogens is 4. The van der Waals surface area contributed by atoms with Crippen LogP contribution in [0.15, 0.2) is 85.1 Å². The zero-order valence-electron chi connectivity index (χ0n) is 30.7. The van der Waals surface area contributed by atoms with E-state index in [1.807, 2.05) is 16.9 Å². The van der Waals surface area contributed by atoms with E-state index in [4.69, 9.17) is 14.8 Å². The van der Waals surface area contributed by atoms with Crippen LogP contribution >= 0.6 is 0 Å². The van der Waals surface area contributed by atoms with Crippen molar-refractivity contribution in [2.24, 2.45) is 0 Å². The van der Waals surface area contributed by atoms with E-state index >= 15 is 0 Å². The molecule has 0 atom stereocenters. The molecule has 7 aromatic rings. The van der Waals surface area contributed by atoms with Crippen LogP contribution in [-0.4, -0.2) is 19.3 Å². The quantitative estimate of drug-likeness (QED) is 0.0973. The number of hydrogen-bond acceptors (Lipinski definition) is 3. The number of aryl methyl sites for hydroxylation is 4. The monoisotopic (exact) mass is 764 g/mol. The number of para-hydroxylation sites is 1. The van der Waals surface area contributed by atoms with Crippen LogP contribution in [0.2, 0.25) is 0 Å². The Morgan fingerprint density at radius 1 is 0.784 bits per heavy atom. The molecule has 3 heterocycles. The molecule has 0 unspecified atom stereocenters. The van der Waals surface area contributed by atoms with Gasteiger partial charge in [-0.1, -0.05) is 83.0 Å². The maximum atomic E-state index is 6.65. The van der Waals surface area contributed by atoms with Gasteiger partial charge in [-0.2, -0.15) is 11.2 Å². The van der Waals surface area contributed by atoms with E-state index < -0.39 is 0 Å². The van der Waals surface area contributed by atoms with E-state index in [0.717, 1.165) is 82.4 Å². The average Bonchev–Trinajstić information content (AvgIpc) is 3.62. The fourth-order valence-electron chi connectivity index (χ4n) is 7.26. The summed E-state index contributed by atoms with van der Waals surface area (Å²) < 4.78 is 10.9. The third kappa shape index (κ3) is 6.93. The van der Waals surface area contributed by atoms with Crippen molar-refractivity contribution < 1.29 is 25.2 Å². The van der Waals surface area contributed by atoms with E-state index in [1.54, 1.807) is 0 Å². The smallest absolute Gasteiger partial charge is 0.509 e.